The van der Waals surface area contributed by atoms with Gasteiger partial charge in [-0.2, -0.15) is 26.3 Å². The highest BCUT2D eigenvalue weighted by molar-refractivity contribution is 5.73. The normalized spacial score (nSPS) is 20.7. The van der Waals surface area contributed by atoms with Crippen LogP contribution in [-0.4, -0.2) is 81.5 Å². The average molecular weight is 590 g/mol. The number of carbonyl (C=O) groups is 2. The van der Waals surface area contributed by atoms with Gasteiger partial charge in [0.1, 0.15) is 11.6 Å². The highest BCUT2D eigenvalue weighted by Gasteiger charge is 2.59. The van der Waals surface area contributed by atoms with Crippen LogP contribution in [0, 0.1) is 11.2 Å². The van der Waals surface area contributed by atoms with Crippen molar-refractivity contribution in [1.29, 1.82) is 0 Å². The highest BCUT2D eigenvalue weighted by Crippen LogP contribution is 2.50. The van der Waals surface area contributed by atoms with Crippen molar-refractivity contribution in [3.63, 3.8) is 0 Å². The number of piperidine rings is 1. The van der Waals surface area contributed by atoms with Crippen LogP contribution in [0.3, 0.4) is 0 Å². The van der Waals surface area contributed by atoms with E-state index < -0.39 is 35.6 Å². The number of rotatable bonds is 3. The first-order chi connectivity index (χ1) is 18.4. The zero-order valence-electron chi connectivity index (χ0n) is 20.4. The summed E-state index contributed by atoms with van der Waals surface area (Å²) in [5.41, 5.74) is -0.140. The third-order valence-electron chi connectivity index (χ3n) is 6.08. The summed E-state index contributed by atoms with van der Waals surface area (Å²) in [6, 6.07) is 6.26. The van der Waals surface area contributed by atoms with E-state index in [0.29, 0.717) is 38.4 Å². The maximum Gasteiger partial charge on any atom is 0.490 e. The molecule has 17 heteroatoms. The van der Waals surface area contributed by atoms with Crippen molar-refractivity contribution in [1.82, 2.24) is 14.9 Å². The van der Waals surface area contributed by atoms with Gasteiger partial charge in [-0.1, -0.05) is 12.1 Å². The van der Waals surface area contributed by atoms with Crippen LogP contribution in [0.1, 0.15) is 18.4 Å². The fraction of sp³-hybridized carbons (Fsp3) is 0.478. The molecule has 2 fully saturated rings. The maximum absolute atomic E-state index is 14.9. The van der Waals surface area contributed by atoms with E-state index in [9.17, 15) is 39.5 Å². The van der Waals surface area contributed by atoms with Gasteiger partial charge in [-0.25, -0.2) is 27.7 Å². The van der Waals surface area contributed by atoms with Crippen LogP contribution >= 0.6 is 0 Å². The Balaban J connectivity index is 0.000000333. The maximum atomic E-state index is 14.9. The molecule has 3 heterocycles. The van der Waals surface area contributed by atoms with Gasteiger partial charge in [0.05, 0.1) is 11.6 Å². The standard InChI is InChI=1S/C19H21F3N4.2C2HF3O2/c20-16-3-1-15(2-4-16)12-25-9-6-19(21,22)18(13-25)5-10-26(14-18)17-11-23-7-8-24-17;2*3-2(4,5)1(6)7/h1-4,7-8,11H,5-6,9-10,12-14H2;2*(H,6,7). The Morgan fingerprint density at radius 2 is 1.43 bits per heavy atom. The van der Waals surface area contributed by atoms with Gasteiger partial charge in [0, 0.05) is 51.5 Å². The minimum absolute atomic E-state index is 0.150. The number of aromatic nitrogens is 2. The van der Waals surface area contributed by atoms with Gasteiger partial charge in [-0.05, 0) is 24.1 Å². The van der Waals surface area contributed by atoms with Gasteiger partial charge >= 0.3 is 24.3 Å². The quantitative estimate of drug-likeness (QED) is 0.499. The van der Waals surface area contributed by atoms with Crippen LogP contribution < -0.4 is 4.90 Å². The first-order valence-corrected chi connectivity index (χ1v) is 11.3. The summed E-state index contributed by atoms with van der Waals surface area (Å²) in [6.07, 6.45) is -5.11. The van der Waals surface area contributed by atoms with Gasteiger partial charge < -0.3 is 15.1 Å². The number of hydrogen-bond donors (Lipinski definition) is 2. The molecule has 0 radical (unpaired) electrons. The number of carboxylic acid groups (broad SMARTS) is 2. The van der Waals surface area contributed by atoms with E-state index in [0.717, 1.165) is 5.56 Å². The monoisotopic (exact) mass is 590 g/mol. The molecule has 40 heavy (non-hydrogen) atoms. The van der Waals surface area contributed by atoms with E-state index >= 15 is 0 Å². The van der Waals surface area contributed by atoms with Crippen LogP contribution in [-0.2, 0) is 16.1 Å². The molecule has 2 N–H and O–H groups in total. The Morgan fingerprint density at radius 3 is 1.90 bits per heavy atom. The summed E-state index contributed by atoms with van der Waals surface area (Å²) in [4.78, 5) is 30.1. The van der Waals surface area contributed by atoms with E-state index in [1.54, 1.807) is 30.7 Å². The lowest BCUT2D eigenvalue weighted by Gasteiger charge is -2.46. The van der Waals surface area contributed by atoms with Gasteiger partial charge in [0.25, 0.3) is 5.92 Å². The van der Waals surface area contributed by atoms with Crippen LogP contribution in [0.15, 0.2) is 42.9 Å². The van der Waals surface area contributed by atoms with Crippen LogP contribution in [0.25, 0.3) is 0 Å². The SMILES string of the molecule is Fc1ccc(CN2CCC(F)(F)C3(CCN(c4cnccn4)C3)C2)cc1.O=C(O)C(F)(F)F.O=C(O)C(F)(F)F. The number of carboxylic acids is 2. The zero-order valence-corrected chi connectivity index (χ0v) is 20.4. The number of alkyl halides is 8. The van der Waals surface area contributed by atoms with Crippen LogP contribution in [0.4, 0.5) is 45.3 Å². The van der Waals surface area contributed by atoms with Crippen molar-refractivity contribution in [2.24, 2.45) is 5.41 Å². The molecule has 1 aromatic carbocycles. The second-order valence-electron chi connectivity index (χ2n) is 8.91. The van der Waals surface area contributed by atoms with Gasteiger partial charge in [0.15, 0.2) is 0 Å². The van der Waals surface area contributed by atoms with Gasteiger partial charge in [-0.15, -0.1) is 0 Å². The van der Waals surface area contributed by atoms with Crippen LogP contribution in [0.2, 0.25) is 0 Å². The largest absolute Gasteiger partial charge is 0.490 e. The molecule has 0 saturated carbocycles. The predicted octanol–water partition coefficient (Wildman–Crippen LogP) is 4.62. The first-order valence-electron chi connectivity index (χ1n) is 11.3. The third kappa shape index (κ3) is 8.96. The second kappa shape index (κ2) is 12.7. The Labute approximate surface area is 221 Å². The second-order valence-corrected chi connectivity index (χ2v) is 8.91. The molecular weight excluding hydrogens is 567 g/mol. The lowest BCUT2D eigenvalue weighted by atomic mass is 9.75. The average Bonchev–Trinajstić information content (AvgIpc) is 3.29. The molecule has 0 amide bonds. The number of anilines is 1. The molecule has 0 bridgehead atoms. The molecule has 2 aliphatic heterocycles. The van der Waals surface area contributed by atoms with Gasteiger partial charge in [0.2, 0.25) is 0 Å². The molecule has 1 atom stereocenters. The Hall–Kier alpha value is -3.63. The fourth-order valence-corrected chi connectivity index (χ4v) is 4.12. The molecule has 1 aromatic heterocycles. The molecule has 4 rings (SSSR count). The molecule has 2 aliphatic rings. The van der Waals surface area contributed by atoms with Crippen LogP contribution in [0.5, 0.6) is 0 Å². The molecular formula is C23H23F9N4O4. The third-order valence-corrected chi connectivity index (χ3v) is 6.08. The first kappa shape index (κ1) is 32.6. The molecule has 1 spiro atoms. The number of hydrogen-bond acceptors (Lipinski definition) is 6. The van der Waals surface area contributed by atoms with Gasteiger partial charge in [-0.3, -0.25) is 9.88 Å². The van der Waals surface area contributed by atoms with Crippen molar-refractivity contribution >= 4 is 17.8 Å². The number of nitrogens with zero attached hydrogens (tertiary/aromatic N) is 4. The van der Waals surface area contributed by atoms with Crippen molar-refractivity contribution in [3.8, 4) is 0 Å². The minimum atomic E-state index is -5.08. The lowest BCUT2D eigenvalue weighted by Crippen LogP contribution is -2.56. The zero-order chi connectivity index (χ0) is 30.4. The Bertz CT molecular complexity index is 1110. The molecule has 0 aliphatic carbocycles. The summed E-state index contributed by atoms with van der Waals surface area (Å²) in [7, 11) is 0. The fourth-order valence-electron chi connectivity index (χ4n) is 4.12. The number of aliphatic carboxylic acids is 2. The summed E-state index contributed by atoms with van der Waals surface area (Å²) in [5.74, 6) is -7.86. The summed E-state index contributed by atoms with van der Waals surface area (Å²) >= 11 is 0. The van der Waals surface area contributed by atoms with E-state index in [-0.39, 0.29) is 18.8 Å². The summed E-state index contributed by atoms with van der Waals surface area (Å²) < 4.78 is 106. The molecule has 8 nitrogen and oxygen atoms in total. The van der Waals surface area contributed by atoms with E-state index in [4.69, 9.17) is 19.8 Å². The highest BCUT2D eigenvalue weighted by atomic mass is 19.4. The Kier molecular flexibility index (Phi) is 10.3. The molecule has 1 unspecified atom stereocenters. The van der Waals surface area contributed by atoms with Crippen molar-refractivity contribution in [2.75, 3.05) is 31.1 Å². The lowest BCUT2D eigenvalue weighted by molar-refractivity contribution is -0.193. The van der Waals surface area contributed by atoms with Crippen molar-refractivity contribution in [2.45, 2.75) is 37.7 Å². The van der Waals surface area contributed by atoms with E-state index in [2.05, 4.69) is 14.9 Å². The van der Waals surface area contributed by atoms with E-state index in [1.165, 1.54) is 12.1 Å². The summed E-state index contributed by atoms with van der Waals surface area (Å²) in [6.45, 7) is 2.06. The summed E-state index contributed by atoms with van der Waals surface area (Å²) in [5, 5.41) is 14.2. The van der Waals surface area contributed by atoms with E-state index in [1.807, 2.05) is 4.90 Å². The number of benzene rings is 1. The minimum Gasteiger partial charge on any atom is -0.475 e. The topological polar surface area (TPSA) is 107 Å². The molecule has 2 aromatic rings. The predicted molar refractivity (Wildman–Crippen MR) is 120 cm³/mol. The van der Waals surface area contributed by atoms with Crippen molar-refractivity contribution in [3.05, 3.63) is 54.2 Å². The molecule has 222 valence electrons. The number of likely N-dealkylation sites (tertiary alicyclic amines) is 1. The number of halogens is 9. The Morgan fingerprint density at radius 1 is 0.875 bits per heavy atom. The van der Waals surface area contributed by atoms with Crippen molar-refractivity contribution < 1.29 is 59.3 Å². The molecule has 2 saturated heterocycles. The smallest absolute Gasteiger partial charge is 0.475 e.